The summed E-state index contributed by atoms with van der Waals surface area (Å²) in [4.78, 5) is 6.62. The number of pyridine rings is 1. The highest BCUT2D eigenvalue weighted by atomic mass is 16.5. The third-order valence-corrected chi connectivity index (χ3v) is 2.97. The molecule has 2 rings (SSSR count). The van der Waals surface area contributed by atoms with Gasteiger partial charge in [0.15, 0.2) is 7.28 Å². The van der Waals surface area contributed by atoms with Crippen molar-refractivity contribution in [3.63, 3.8) is 0 Å². The summed E-state index contributed by atoms with van der Waals surface area (Å²) in [5, 5.41) is 0. The van der Waals surface area contributed by atoms with Gasteiger partial charge in [-0.2, -0.15) is 0 Å². The molecule has 1 fully saturated rings. The summed E-state index contributed by atoms with van der Waals surface area (Å²) >= 11 is 0. The van der Waals surface area contributed by atoms with Crippen molar-refractivity contribution in [3.8, 4) is 5.88 Å². The molecule has 4 nitrogen and oxygen atoms in total. The molecule has 2 heterocycles. The van der Waals surface area contributed by atoms with Crippen LogP contribution in [-0.4, -0.2) is 56.6 Å². The Bertz CT molecular complexity index is 326. The molecule has 0 aromatic carbocycles. The predicted octanol–water partition coefficient (Wildman–Crippen LogP) is -0.0975. The van der Waals surface area contributed by atoms with Gasteiger partial charge < -0.3 is 9.47 Å². The van der Waals surface area contributed by atoms with Crippen LogP contribution in [0.25, 0.3) is 0 Å². The number of ether oxygens (including phenoxy) is 2. The molecule has 17 heavy (non-hydrogen) atoms. The smallest absolute Gasteiger partial charge is 0.213 e. The number of morpholine rings is 1. The minimum absolute atomic E-state index is 0.693. The second-order valence-corrected chi connectivity index (χ2v) is 4.16. The molecule has 0 bridgehead atoms. The third kappa shape index (κ3) is 4.02. The lowest BCUT2D eigenvalue weighted by Gasteiger charge is -2.26. The van der Waals surface area contributed by atoms with E-state index in [4.69, 9.17) is 9.47 Å². The molecule has 1 saturated heterocycles. The molecule has 0 atom stereocenters. The summed E-state index contributed by atoms with van der Waals surface area (Å²) in [5.41, 5.74) is 1.24. The first-order valence-corrected chi connectivity index (χ1v) is 6.26. The first kappa shape index (κ1) is 12.4. The molecule has 0 N–H and O–H groups in total. The van der Waals surface area contributed by atoms with Gasteiger partial charge in [-0.1, -0.05) is 18.4 Å². The third-order valence-electron chi connectivity index (χ3n) is 2.97. The maximum atomic E-state index is 5.61. The molecule has 0 saturated carbocycles. The molecular weight excluding hydrogens is 215 g/mol. The summed E-state index contributed by atoms with van der Waals surface area (Å²) in [6.45, 7) is 7.44. The van der Waals surface area contributed by atoms with E-state index in [9.17, 15) is 0 Å². The molecule has 1 aliphatic heterocycles. The molecular formula is C12H19BN2O2. The summed E-state index contributed by atoms with van der Waals surface area (Å²) in [6, 6.07) is 4.01. The van der Waals surface area contributed by atoms with Crippen LogP contribution in [0.3, 0.4) is 0 Å². The lowest BCUT2D eigenvalue weighted by Crippen LogP contribution is -2.38. The quantitative estimate of drug-likeness (QED) is 0.666. The van der Waals surface area contributed by atoms with Crippen LogP contribution in [0.2, 0.25) is 6.82 Å². The van der Waals surface area contributed by atoms with Crippen LogP contribution in [0, 0.1) is 0 Å². The van der Waals surface area contributed by atoms with Crippen LogP contribution < -0.4 is 10.2 Å². The number of aromatic nitrogens is 1. The van der Waals surface area contributed by atoms with Gasteiger partial charge in [-0.15, -0.1) is 0 Å². The summed E-state index contributed by atoms with van der Waals surface area (Å²) in [6.07, 6.45) is 1.88. The molecule has 0 radical (unpaired) electrons. The standard InChI is InChI=1S/C12H19BN2O2/c1-13-11-2-3-12(14-10-11)17-9-6-15-4-7-16-8-5-15/h2-3,10,13H,4-9H2,1H3. The largest absolute Gasteiger partial charge is 0.476 e. The second kappa shape index (κ2) is 6.62. The van der Waals surface area contributed by atoms with Crippen molar-refractivity contribution in [2.24, 2.45) is 0 Å². The molecule has 0 aliphatic carbocycles. The summed E-state index contributed by atoms with van der Waals surface area (Å²) < 4.78 is 10.9. The van der Waals surface area contributed by atoms with E-state index in [1.165, 1.54) is 5.46 Å². The topological polar surface area (TPSA) is 34.6 Å². The van der Waals surface area contributed by atoms with Crippen LogP contribution in [0.5, 0.6) is 5.88 Å². The van der Waals surface area contributed by atoms with E-state index in [-0.39, 0.29) is 0 Å². The Morgan fingerprint density at radius 3 is 2.88 bits per heavy atom. The van der Waals surface area contributed by atoms with Gasteiger partial charge in [0.25, 0.3) is 0 Å². The van der Waals surface area contributed by atoms with Crippen molar-refractivity contribution >= 4 is 12.7 Å². The zero-order valence-corrected chi connectivity index (χ0v) is 10.4. The van der Waals surface area contributed by atoms with Crippen molar-refractivity contribution < 1.29 is 9.47 Å². The van der Waals surface area contributed by atoms with Crippen molar-refractivity contribution in [1.82, 2.24) is 9.88 Å². The highest BCUT2D eigenvalue weighted by Gasteiger charge is 2.09. The number of rotatable bonds is 5. The zero-order chi connectivity index (χ0) is 11.9. The van der Waals surface area contributed by atoms with Crippen molar-refractivity contribution in [2.45, 2.75) is 6.82 Å². The first-order valence-electron chi connectivity index (χ1n) is 6.26. The van der Waals surface area contributed by atoms with Gasteiger partial charge in [0.05, 0.1) is 13.2 Å². The van der Waals surface area contributed by atoms with Gasteiger partial charge in [-0.3, -0.25) is 4.90 Å². The Morgan fingerprint density at radius 2 is 2.24 bits per heavy atom. The number of nitrogens with zero attached hydrogens (tertiary/aromatic N) is 2. The Kier molecular flexibility index (Phi) is 4.82. The average Bonchev–Trinajstić information content (AvgIpc) is 2.41. The number of hydrogen-bond acceptors (Lipinski definition) is 4. The summed E-state index contributed by atoms with van der Waals surface area (Å²) in [5.74, 6) is 0.718. The summed E-state index contributed by atoms with van der Waals surface area (Å²) in [7, 11) is 1.01. The van der Waals surface area contributed by atoms with Gasteiger partial charge in [-0.05, 0) is 6.07 Å². The van der Waals surface area contributed by atoms with Gasteiger partial charge >= 0.3 is 0 Å². The lowest BCUT2D eigenvalue weighted by atomic mass is 9.74. The molecule has 0 spiro atoms. The molecule has 5 heteroatoms. The van der Waals surface area contributed by atoms with Crippen LogP contribution in [0.1, 0.15) is 0 Å². The van der Waals surface area contributed by atoms with E-state index < -0.39 is 0 Å². The van der Waals surface area contributed by atoms with E-state index in [1.807, 2.05) is 12.3 Å². The minimum Gasteiger partial charge on any atom is -0.476 e. The van der Waals surface area contributed by atoms with Crippen molar-refractivity contribution in [3.05, 3.63) is 18.3 Å². The molecule has 0 amide bonds. The fourth-order valence-corrected chi connectivity index (χ4v) is 1.81. The normalized spacial score (nSPS) is 16.8. The molecule has 92 valence electrons. The van der Waals surface area contributed by atoms with Crippen molar-refractivity contribution in [2.75, 3.05) is 39.5 Å². The SMILES string of the molecule is CBc1ccc(OCCN2CCOCC2)nc1. The highest BCUT2D eigenvalue weighted by molar-refractivity contribution is 6.51. The monoisotopic (exact) mass is 234 g/mol. The maximum absolute atomic E-state index is 5.61. The maximum Gasteiger partial charge on any atom is 0.213 e. The van der Waals surface area contributed by atoms with E-state index >= 15 is 0 Å². The Morgan fingerprint density at radius 1 is 1.41 bits per heavy atom. The first-order chi connectivity index (χ1) is 8.38. The molecule has 1 aliphatic rings. The Balaban J connectivity index is 1.69. The van der Waals surface area contributed by atoms with Crippen LogP contribution in [-0.2, 0) is 4.74 Å². The van der Waals surface area contributed by atoms with Gasteiger partial charge in [0.2, 0.25) is 5.88 Å². The van der Waals surface area contributed by atoms with Gasteiger partial charge in [-0.25, -0.2) is 4.98 Å². The molecule has 1 aromatic heterocycles. The van der Waals surface area contributed by atoms with Gasteiger partial charge in [0, 0.05) is 25.8 Å². The number of hydrogen-bond donors (Lipinski definition) is 0. The van der Waals surface area contributed by atoms with E-state index in [0.29, 0.717) is 6.61 Å². The fraction of sp³-hybridized carbons (Fsp3) is 0.583. The van der Waals surface area contributed by atoms with Crippen LogP contribution >= 0.6 is 0 Å². The zero-order valence-electron chi connectivity index (χ0n) is 10.4. The minimum atomic E-state index is 0.693. The predicted molar refractivity (Wildman–Crippen MR) is 69.6 cm³/mol. The lowest BCUT2D eigenvalue weighted by molar-refractivity contribution is 0.0320. The Hall–Kier alpha value is -1.07. The Labute approximate surface area is 103 Å². The van der Waals surface area contributed by atoms with Crippen LogP contribution in [0.4, 0.5) is 0 Å². The highest BCUT2D eigenvalue weighted by Crippen LogP contribution is 2.03. The van der Waals surface area contributed by atoms with E-state index in [1.54, 1.807) is 0 Å². The second-order valence-electron chi connectivity index (χ2n) is 4.16. The van der Waals surface area contributed by atoms with Crippen LogP contribution in [0.15, 0.2) is 18.3 Å². The average molecular weight is 234 g/mol. The van der Waals surface area contributed by atoms with Gasteiger partial charge in [0.1, 0.15) is 6.61 Å². The molecule has 0 unspecified atom stereocenters. The van der Waals surface area contributed by atoms with Crippen molar-refractivity contribution in [1.29, 1.82) is 0 Å². The van der Waals surface area contributed by atoms with E-state index in [0.717, 1.165) is 46.0 Å². The van der Waals surface area contributed by atoms with E-state index in [2.05, 4.69) is 22.8 Å². The molecule has 1 aromatic rings. The fourth-order valence-electron chi connectivity index (χ4n) is 1.81.